The van der Waals surface area contributed by atoms with Crippen molar-refractivity contribution in [1.29, 1.82) is 0 Å². The Morgan fingerprint density at radius 3 is 1.34 bits per heavy atom. The maximum atomic E-state index is 13.1. The lowest BCUT2D eigenvalue weighted by atomic mass is 10.0. The molecule has 0 aliphatic rings. The van der Waals surface area contributed by atoms with Gasteiger partial charge in [-0.3, -0.25) is 9.59 Å². The Kier molecular flexibility index (Phi) is 46.6. The van der Waals surface area contributed by atoms with Crippen molar-refractivity contribution < 1.29 is 24.5 Å². The fourth-order valence-electron chi connectivity index (χ4n) is 7.58. The van der Waals surface area contributed by atoms with Crippen molar-refractivity contribution in [3.05, 3.63) is 60.8 Å². The van der Waals surface area contributed by atoms with Crippen LogP contribution in [0.25, 0.3) is 0 Å². The van der Waals surface area contributed by atoms with Gasteiger partial charge in [-0.1, -0.05) is 223 Å². The van der Waals surface area contributed by atoms with E-state index < -0.39 is 18.2 Å². The van der Waals surface area contributed by atoms with Crippen LogP contribution in [0.3, 0.4) is 0 Å². The molecule has 0 spiro atoms. The number of unbranched alkanes of at least 4 members (excludes halogenated alkanes) is 26. The fourth-order valence-corrected chi connectivity index (χ4v) is 7.58. The Morgan fingerprint density at radius 1 is 0.492 bits per heavy atom. The largest absolute Gasteiger partial charge is 0.458 e. The number of hydrogen-bond donors (Lipinski definition) is 3. The minimum Gasteiger partial charge on any atom is -0.458 e. The Hall–Kier alpha value is -2.44. The highest BCUT2D eigenvalue weighted by Crippen LogP contribution is 2.16. The van der Waals surface area contributed by atoms with E-state index >= 15 is 0 Å². The molecule has 0 aromatic carbocycles. The average molecular weight is 854 g/mol. The molecule has 354 valence electrons. The van der Waals surface area contributed by atoms with Gasteiger partial charge in [0.1, 0.15) is 6.10 Å². The zero-order valence-corrected chi connectivity index (χ0v) is 40.3. The number of carbonyl (C=O) groups is 2. The molecular weight excluding hydrogens is 755 g/mol. The summed E-state index contributed by atoms with van der Waals surface area (Å²) < 4.78 is 5.82. The predicted molar refractivity (Wildman–Crippen MR) is 264 cm³/mol. The van der Waals surface area contributed by atoms with E-state index in [1.165, 1.54) is 141 Å². The number of aliphatic hydroxyl groups excluding tert-OH is 2. The first-order chi connectivity index (χ1) is 30.0. The van der Waals surface area contributed by atoms with Crippen LogP contribution >= 0.6 is 0 Å². The van der Waals surface area contributed by atoms with Crippen molar-refractivity contribution in [3.8, 4) is 0 Å². The lowest BCUT2D eigenvalue weighted by Gasteiger charge is -2.23. The molecular formula is C55H99NO5. The molecule has 3 atom stereocenters. The summed E-state index contributed by atoms with van der Waals surface area (Å²) >= 11 is 0. The van der Waals surface area contributed by atoms with E-state index in [9.17, 15) is 19.8 Å². The number of allylic oxidation sites excluding steroid dienone is 9. The van der Waals surface area contributed by atoms with Crippen molar-refractivity contribution in [3.63, 3.8) is 0 Å². The third-order valence-electron chi connectivity index (χ3n) is 11.6. The maximum absolute atomic E-state index is 13.1. The number of esters is 1. The summed E-state index contributed by atoms with van der Waals surface area (Å²) in [4.78, 5) is 26.0. The second-order valence-electron chi connectivity index (χ2n) is 17.6. The highest BCUT2D eigenvalue weighted by molar-refractivity contribution is 5.78. The molecule has 61 heavy (non-hydrogen) atoms. The van der Waals surface area contributed by atoms with Crippen LogP contribution in [0, 0.1) is 0 Å². The van der Waals surface area contributed by atoms with E-state index in [2.05, 4.69) is 74.7 Å². The van der Waals surface area contributed by atoms with E-state index in [0.29, 0.717) is 19.3 Å². The van der Waals surface area contributed by atoms with Crippen LogP contribution in [0.15, 0.2) is 60.8 Å². The van der Waals surface area contributed by atoms with Gasteiger partial charge < -0.3 is 20.3 Å². The lowest BCUT2D eigenvalue weighted by Crippen LogP contribution is -2.46. The van der Waals surface area contributed by atoms with Crippen LogP contribution in [-0.2, 0) is 14.3 Å². The standard InChI is InChI=1S/C55H99NO5/c1-4-7-10-13-16-19-22-24-25-26-27-28-29-30-33-36-39-42-45-48-55(60)61-51(46-43-40-37-34-31-21-18-15-12-9-6-3)49-54(59)56-52(50-57)53(58)47-44-41-38-35-32-23-20-17-14-11-8-5-2/h16,19,24-25,27-28,34,37,43,46,51-53,57-58H,4-15,17-18,20-23,26,29-33,35-36,38-42,44-45,47-50H2,1-3H3,(H,56,59)/b19-16-,25-24-,28-27-,37-34-,46-43+. The molecule has 0 aromatic rings. The van der Waals surface area contributed by atoms with Crippen molar-refractivity contribution in [2.75, 3.05) is 6.61 Å². The van der Waals surface area contributed by atoms with E-state index in [4.69, 9.17) is 4.74 Å². The number of ether oxygens (including phenoxy) is 1. The van der Waals surface area contributed by atoms with Crippen LogP contribution < -0.4 is 5.32 Å². The molecule has 6 heteroatoms. The molecule has 0 bridgehead atoms. The van der Waals surface area contributed by atoms with Crippen molar-refractivity contribution >= 4 is 11.9 Å². The topological polar surface area (TPSA) is 95.9 Å². The molecule has 0 saturated heterocycles. The second kappa shape index (κ2) is 48.6. The van der Waals surface area contributed by atoms with Gasteiger partial charge in [-0.25, -0.2) is 0 Å². The van der Waals surface area contributed by atoms with Crippen molar-refractivity contribution in [2.45, 2.75) is 270 Å². The molecule has 1 amide bonds. The number of rotatable bonds is 46. The second-order valence-corrected chi connectivity index (χ2v) is 17.6. The summed E-state index contributed by atoms with van der Waals surface area (Å²) in [6, 6.07) is -0.735. The molecule has 3 unspecified atom stereocenters. The first-order valence-corrected chi connectivity index (χ1v) is 26.0. The highest BCUT2D eigenvalue weighted by Gasteiger charge is 2.23. The number of carbonyl (C=O) groups excluding carboxylic acids is 2. The zero-order valence-electron chi connectivity index (χ0n) is 40.3. The smallest absolute Gasteiger partial charge is 0.306 e. The van der Waals surface area contributed by atoms with Gasteiger partial charge in [0.15, 0.2) is 0 Å². The summed E-state index contributed by atoms with van der Waals surface area (Å²) in [5, 5.41) is 23.7. The molecule has 3 N–H and O–H groups in total. The lowest BCUT2D eigenvalue weighted by molar-refractivity contribution is -0.148. The van der Waals surface area contributed by atoms with Gasteiger partial charge in [0.25, 0.3) is 0 Å². The Balaban J connectivity index is 4.60. The Morgan fingerprint density at radius 2 is 0.869 bits per heavy atom. The minimum absolute atomic E-state index is 0.0349. The number of aliphatic hydroxyl groups is 2. The van der Waals surface area contributed by atoms with E-state index in [-0.39, 0.29) is 24.9 Å². The monoisotopic (exact) mass is 854 g/mol. The first-order valence-electron chi connectivity index (χ1n) is 26.0. The van der Waals surface area contributed by atoms with Gasteiger partial charge >= 0.3 is 5.97 Å². The van der Waals surface area contributed by atoms with Crippen LogP contribution in [0.5, 0.6) is 0 Å². The van der Waals surface area contributed by atoms with Crippen LogP contribution in [0.4, 0.5) is 0 Å². The van der Waals surface area contributed by atoms with Crippen LogP contribution in [0.1, 0.15) is 252 Å². The number of nitrogens with one attached hydrogen (secondary N) is 1. The van der Waals surface area contributed by atoms with Gasteiger partial charge in [-0.05, 0) is 76.7 Å². The normalized spacial score (nSPS) is 13.7. The van der Waals surface area contributed by atoms with Crippen LogP contribution in [0.2, 0.25) is 0 Å². The number of amides is 1. The molecule has 0 heterocycles. The third kappa shape index (κ3) is 44.0. The first kappa shape index (κ1) is 58.6. The average Bonchev–Trinajstić information content (AvgIpc) is 3.25. The maximum Gasteiger partial charge on any atom is 0.306 e. The Labute approximate surface area is 378 Å². The summed E-state index contributed by atoms with van der Waals surface area (Å²) in [7, 11) is 0. The molecule has 0 saturated carbocycles. The van der Waals surface area contributed by atoms with Gasteiger partial charge in [-0.2, -0.15) is 0 Å². The SMILES string of the molecule is CCCCC/C=C\C/C=C\C/C=C\CCCCCCCCC(=O)OC(/C=C/C/C=C\CCCCCCCC)CC(=O)NC(CO)C(O)CCCCCCCCCCCCCC. The predicted octanol–water partition coefficient (Wildman–Crippen LogP) is 15.6. The molecule has 0 aliphatic heterocycles. The summed E-state index contributed by atoms with van der Waals surface area (Å²) in [5.74, 6) is -0.616. The molecule has 6 nitrogen and oxygen atoms in total. The van der Waals surface area contributed by atoms with Gasteiger partial charge in [0, 0.05) is 6.42 Å². The van der Waals surface area contributed by atoms with Gasteiger partial charge in [0.05, 0.1) is 25.2 Å². The third-order valence-corrected chi connectivity index (χ3v) is 11.6. The molecule has 0 radical (unpaired) electrons. The van der Waals surface area contributed by atoms with E-state index in [1.807, 2.05) is 12.2 Å². The van der Waals surface area contributed by atoms with Crippen molar-refractivity contribution in [1.82, 2.24) is 5.32 Å². The van der Waals surface area contributed by atoms with Gasteiger partial charge in [-0.15, -0.1) is 0 Å². The van der Waals surface area contributed by atoms with E-state index in [0.717, 1.165) is 64.2 Å². The number of hydrogen-bond acceptors (Lipinski definition) is 5. The quantitative estimate of drug-likeness (QED) is 0.0322. The molecule has 0 rings (SSSR count). The summed E-state index contributed by atoms with van der Waals surface area (Å²) in [6.45, 7) is 6.41. The van der Waals surface area contributed by atoms with Gasteiger partial charge in [0.2, 0.25) is 5.91 Å². The zero-order chi connectivity index (χ0) is 44.5. The molecule has 0 aromatic heterocycles. The van der Waals surface area contributed by atoms with E-state index in [1.54, 1.807) is 0 Å². The van der Waals surface area contributed by atoms with Crippen LogP contribution in [-0.4, -0.2) is 46.9 Å². The molecule has 0 fully saturated rings. The Bertz CT molecular complexity index is 1090. The van der Waals surface area contributed by atoms with Crippen molar-refractivity contribution in [2.24, 2.45) is 0 Å². The highest BCUT2D eigenvalue weighted by atomic mass is 16.5. The summed E-state index contributed by atoms with van der Waals surface area (Å²) in [5.41, 5.74) is 0. The molecule has 0 aliphatic carbocycles. The fraction of sp³-hybridized carbons (Fsp3) is 0.782. The minimum atomic E-state index is -0.813. The summed E-state index contributed by atoms with van der Waals surface area (Å²) in [6.07, 6.45) is 60.2.